The summed E-state index contributed by atoms with van der Waals surface area (Å²) in [5, 5.41) is 3.36. The van der Waals surface area contributed by atoms with Crippen LogP contribution in [0.5, 0.6) is 0 Å². The lowest BCUT2D eigenvalue weighted by Gasteiger charge is -2.43. The zero-order valence-electron chi connectivity index (χ0n) is 8.77. The smallest absolute Gasteiger partial charge is 0.0190 e. The second-order valence-corrected chi connectivity index (χ2v) is 4.96. The maximum Gasteiger partial charge on any atom is 0.0190 e. The van der Waals surface area contributed by atoms with Crippen LogP contribution >= 0.6 is 0 Å². The first-order chi connectivity index (χ1) is 6.18. The summed E-state index contributed by atoms with van der Waals surface area (Å²) >= 11 is 0. The number of hydrogen-bond acceptors (Lipinski definition) is 2. The highest BCUT2D eigenvalue weighted by Gasteiger charge is 2.33. The molecule has 2 aliphatic heterocycles. The van der Waals surface area contributed by atoms with Gasteiger partial charge >= 0.3 is 0 Å². The fraction of sp³-hybridized carbons (Fsp3) is 0.818. The van der Waals surface area contributed by atoms with Crippen molar-refractivity contribution in [2.75, 3.05) is 32.7 Å². The van der Waals surface area contributed by atoms with Crippen molar-refractivity contribution in [3.05, 3.63) is 11.6 Å². The van der Waals surface area contributed by atoms with E-state index in [0.717, 1.165) is 0 Å². The van der Waals surface area contributed by atoms with Crippen molar-refractivity contribution in [2.24, 2.45) is 5.41 Å². The molecule has 0 saturated carbocycles. The minimum Gasteiger partial charge on any atom is -0.315 e. The van der Waals surface area contributed by atoms with Crippen LogP contribution in [0, 0.1) is 5.41 Å². The first-order valence-electron chi connectivity index (χ1n) is 5.27. The molecule has 0 aromatic heterocycles. The Labute approximate surface area is 81.0 Å². The van der Waals surface area contributed by atoms with Crippen LogP contribution in [0.4, 0.5) is 0 Å². The van der Waals surface area contributed by atoms with Gasteiger partial charge in [0.1, 0.15) is 0 Å². The summed E-state index contributed by atoms with van der Waals surface area (Å²) < 4.78 is 0. The number of hydrogen-bond donors (Lipinski definition) is 1. The van der Waals surface area contributed by atoms with Crippen LogP contribution in [0.25, 0.3) is 0 Å². The van der Waals surface area contributed by atoms with Gasteiger partial charge in [0.15, 0.2) is 0 Å². The summed E-state index contributed by atoms with van der Waals surface area (Å²) in [6, 6.07) is 0. The molecule has 0 aromatic carbocycles. The molecule has 13 heavy (non-hydrogen) atoms. The van der Waals surface area contributed by atoms with Crippen LogP contribution in [0.1, 0.15) is 20.3 Å². The van der Waals surface area contributed by atoms with Crippen molar-refractivity contribution in [3.8, 4) is 0 Å². The highest BCUT2D eigenvalue weighted by atomic mass is 15.2. The topological polar surface area (TPSA) is 15.3 Å². The van der Waals surface area contributed by atoms with E-state index in [-0.39, 0.29) is 0 Å². The van der Waals surface area contributed by atoms with Gasteiger partial charge in [-0.2, -0.15) is 0 Å². The van der Waals surface area contributed by atoms with Crippen LogP contribution < -0.4 is 5.32 Å². The molecule has 0 radical (unpaired) electrons. The average Bonchev–Trinajstić information content (AvgIpc) is 2.01. The molecule has 2 rings (SSSR count). The van der Waals surface area contributed by atoms with Crippen LogP contribution in [-0.2, 0) is 0 Å². The minimum absolute atomic E-state index is 0.553. The van der Waals surface area contributed by atoms with Crippen molar-refractivity contribution in [3.63, 3.8) is 0 Å². The molecule has 0 aliphatic carbocycles. The second kappa shape index (κ2) is 3.43. The summed E-state index contributed by atoms with van der Waals surface area (Å²) in [4.78, 5) is 2.59. The Kier molecular flexibility index (Phi) is 2.43. The molecule has 0 aromatic rings. The molecule has 2 nitrogen and oxygen atoms in total. The SMILES string of the molecule is CC1=CCCN(CC2(C)CNC2)C1. The Morgan fingerprint density at radius 3 is 2.85 bits per heavy atom. The standard InChI is InChI=1S/C11H20N2/c1-10-4-3-5-13(6-10)9-11(2)7-12-8-11/h4,12H,3,5-9H2,1-2H3. The van der Waals surface area contributed by atoms with E-state index in [9.17, 15) is 0 Å². The maximum atomic E-state index is 3.36. The molecule has 0 spiro atoms. The Bertz CT molecular complexity index is 216. The largest absolute Gasteiger partial charge is 0.315 e. The van der Waals surface area contributed by atoms with E-state index >= 15 is 0 Å². The lowest BCUT2D eigenvalue weighted by Crippen LogP contribution is -2.57. The molecule has 2 heteroatoms. The third-order valence-electron chi connectivity index (χ3n) is 3.12. The highest BCUT2D eigenvalue weighted by Crippen LogP contribution is 2.24. The quantitative estimate of drug-likeness (QED) is 0.643. The highest BCUT2D eigenvalue weighted by molar-refractivity contribution is 5.05. The van der Waals surface area contributed by atoms with Crippen molar-refractivity contribution >= 4 is 0 Å². The van der Waals surface area contributed by atoms with E-state index in [4.69, 9.17) is 0 Å². The Morgan fingerprint density at radius 1 is 1.54 bits per heavy atom. The molecule has 0 unspecified atom stereocenters. The van der Waals surface area contributed by atoms with Gasteiger partial charge in [0.2, 0.25) is 0 Å². The molecule has 1 saturated heterocycles. The van der Waals surface area contributed by atoms with E-state index in [2.05, 4.69) is 30.1 Å². The monoisotopic (exact) mass is 180 g/mol. The van der Waals surface area contributed by atoms with Gasteiger partial charge in [-0.1, -0.05) is 18.6 Å². The van der Waals surface area contributed by atoms with E-state index in [1.54, 1.807) is 5.57 Å². The van der Waals surface area contributed by atoms with E-state index in [1.165, 1.54) is 39.1 Å². The summed E-state index contributed by atoms with van der Waals surface area (Å²) in [7, 11) is 0. The average molecular weight is 180 g/mol. The third-order valence-corrected chi connectivity index (χ3v) is 3.12. The lowest BCUT2D eigenvalue weighted by atomic mass is 9.83. The number of nitrogens with one attached hydrogen (secondary N) is 1. The molecule has 2 heterocycles. The fourth-order valence-corrected chi connectivity index (χ4v) is 2.33. The van der Waals surface area contributed by atoms with Crippen molar-refractivity contribution < 1.29 is 0 Å². The van der Waals surface area contributed by atoms with E-state index in [1.807, 2.05) is 0 Å². The van der Waals surface area contributed by atoms with Gasteiger partial charge in [-0.15, -0.1) is 0 Å². The van der Waals surface area contributed by atoms with Crippen molar-refractivity contribution in [1.82, 2.24) is 10.2 Å². The number of rotatable bonds is 2. The molecule has 0 amide bonds. The summed E-state index contributed by atoms with van der Waals surface area (Å²) in [5.41, 5.74) is 2.10. The Hall–Kier alpha value is -0.340. The van der Waals surface area contributed by atoms with Gasteiger partial charge in [0, 0.05) is 38.1 Å². The second-order valence-electron chi connectivity index (χ2n) is 4.96. The van der Waals surface area contributed by atoms with Gasteiger partial charge in [-0.25, -0.2) is 0 Å². The summed E-state index contributed by atoms with van der Waals surface area (Å²) in [6.07, 6.45) is 3.62. The molecule has 2 aliphatic rings. The molecule has 74 valence electrons. The molecular formula is C11H20N2. The van der Waals surface area contributed by atoms with Gasteiger partial charge < -0.3 is 5.32 Å². The van der Waals surface area contributed by atoms with Gasteiger partial charge in [0.25, 0.3) is 0 Å². The predicted molar refractivity (Wildman–Crippen MR) is 55.8 cm³/mol. The van der Waals surface area contributed by atoms with Crippen LogP contribution in [0.2, 0.25) is 0 Å². The van der Waals surface area contributed by atoms with E-state index < -0.39 is 0 Å². The Morgan fingerprint density at radius 2 is 2.31 bits per heavy atom. The fourth-order valence-electron chi connectivity index (χ4n) is 2.33. The van der Waals surface area contributed by atoms with Crippen LogP contribution in [-0.4, -0.2) is 37.6 Å². The third kappa shape index (κ3) is 2.12. The van der Waals surface area contributed by atoms with Crippen molar-refractivity contribution in [1.29, 1.82) is 0 Å². The molecule has 1 N–H and O–H groups in total. The predicted octanol–water partition coefficient (Wildman–Crippen LogP) is 1.25. The zero-order valence-corrected chi connectivity index (χ0v) is 8.77. The van der Waals surface area contributed by atoms with Crippen molar-refractivity contribution in [2.45, 2.75) is 20.3 Å². The Balaban J connectivity index is 1.85. The van der Waals surface area contributed by atoms with Gasteiger partial charge in [-0.3, -0.25) is 4.90 Å². The number of nitrogens with zero attached hydrogens (tertiary/aromatic N) is 1. The molecular weight excluding hydrogens is 160 g/mol. The molecule has 0 bridgehead atoms. The summed E-state index contributed by atoms with van der Waals surface area (Å²) in [5.74, 6) is 0. The van der Waals surface area contributed by atoms with E-state index in [0.29, 0.717) is 5.41 Å². The maximum absolute atomic E-state index is 3.36. The summed E-state index contributed by atoms with van der Waals surface area (Å²) in [6.45, 7) is 10.7. The lowest BCUT2D eigenvalue weighted by molar-refractivity contribution is 0.112. The molecule has 1 fully saturated rings. The first-order valence-corrected chi connectivity index (χ1v) is 5.27. The minimum atomic E-state index is 0.553. The zero-order chi connectivity index (χ0) is 9.31. The van der Waals surface area contributed by atoms with Crippen LogP contribution in [0.15, 0.2) is 11.6 Å². The normalized spacial score (nSPS) is 28.0. The van der Waals surface area contributed by atoms with Crippen LogP contribution in [0.3, 0.4) is 0 Å². The van der Waals surface area contributed by atoms with Gasteiger partial charge in [-0.05, 0) is 13.3 Å². The molecule has 0 atom stereocenters. The van der Waals surface area contributed by atoms with Gasteiger partial charge in [0.05, 0.1) is 0 Å². The first kappa shape index (κ1) is 9.22.